The second-order valence-electron chi connectivity index (χ2n) is 7.36. The molecular formula is C20H16N4O6. The average Bonchev–Trinajstić information content (AvgIpc) is 3.38. The van der Waals surface area contributed by atoms with Gasteiger partial charge in [0.25, 0.3) is 29.2 Å². The predicted molar refractivity (Wildman–Crippen MR) is 103 cm³/mol. The molecule has 0 saturated carbocycles. The number of benzene rings is 1. The molecule has 3 N–H and O–H groups in total. The van der Waals surface area contributed by atoms with Gasteiger partial charge >= 0.3 is 0 Å². The van der Waals surface area contributed by atoms with Gasteiger partial charge in [-0.2, -0.15) is 0 Å². The zero-order valence-electron chi connectivity index (χ0n) is 15.6. The lowest BCUT2D eigenvalue weighted by Crippen LogP contribution is -2.36. The SMILES string of the molecule is Nc1c2c(cc(=O)n1-c1ccc3c(c1)C(=O)N(CC1CCCO1)C3=O)C(=O)NC2=O. The summed E-state index contributed by atoms with van der Waals surface area (Å²) in [7, 11) is 0. The number of aromatic nitrogens is 1. The number of ether oxygens (including phenoxy) is 1. The van der Waals surface area contributed by atoms with Gasteiger partial charge in [-0.1, -0.05) is 0 Å². The van der Waals surface area contributed by atoms with E-state index in [2.05, 4.69) is 5.32 Å². The van der Waals surface area contributed by atoms with E-state index in [-0.39, 0.29) is 46.4 Å². The number of rotatable bonds is 3. The third-order valence-corrected chi connectivity index (χ3v) is 5.58. The zero-order valence-corrected chi connectivity index (χ0v) is 15.6. The van der Waals surface area contributed by atoms with Gasteiger partial charge in [-0.25, -0.2) is 0 Å². The molecule has 5 rings (SSSR count). The number of carbonyl (C=O) groups excluding carboxylic acids is 4. The Morgan fingerprint density at radius 2 is 1.77 bits per heavy atom. The average molecular weight is 408 g/mol. The van der Waals surface area contributed by atoms with Crippen molar-refractivity contribution in [1.29, 1.82) is 0 Å². The van der Waals surface area contributed by atoms with Gasteiger partial charge in [-0.15, -0.1) is 0 Å². The molecule has 0 bridgehead atoms. The molecule has 1 unspecified atom stereocenters. The summed E-state index contributed by atoms with van der Waals surface area (Å²) in [4.78, 5) is 63.1. The Morgan fingerprint density at radius 1 is 1.00 bits per heavy atom. The molecule has 30 heavy (non-hydrogen) atoms. The van der Waals surface area contributed by atoms with E-state index >= 15 is 0 Å². The van der Waals surface area contributed by atoms with Crippen LogP contribution in [-0.4, -0.2) is 52.4 Å². The summed E-state index contributed by atoms with van der Waals surface area (Å²) >= 11 is 0. The fraction of sp³-hybridized carbons (Fsp3) is 0.250. The van der Waals surface area contributed by atoms with Crippen molar-refractivity contribution in [3.05, 3.63) is 56.9 Å². The summed E-state index contributed by atoms with van der Waals surface area (Å²) in [6.07, 6.45) is 1.48. The van der Waals surface area contributed by atoms with Gasteiger partial charge in [0.15, 0.2) is 0 Å². The quantitative estimate of drug-likeness (QED) is 0.685. The maximum absolute atomic E-state index is 12.9. The molecule has 0 aliphatic carbocycles. The molecule has 10 nitrogen and oxygen atoms in total. The molecule has 0 spiro atoms. The number of nitrogen functional groups attached to an aromatic ring is 1. The Bertz CT molecular complexity index is 1220. The Labute approximate surface area is 169 Å². The summed E-state index contributed by atoms with van der Waals surface area (Å²) in [5, 5.41) is 2.10. The Hall–Kier alpha value is -3.79. The van der Waals surface area contributed by atoms with E-state index in [1.807, 2.05) is 0 Å². The fourth-order valence-corrected chi connectivity index (χ4v) is 4.12. The van der Waals surface area contributed by atoms with Crippen LogP contribution in [0.25, 0.3) is 5.69 Å². The molecule has 4 heterocycles. The van der Waals surface area contributed by atoms with Gasteiger partial charge < -0.3 is 10.5 Å². The standard InChI is InChI=1S/C20H16N4O6/c21-16-15-13(17(26)22-18(15)27)7-14(25)24(16)9-3-4-11-12(6-9)20(29)23(19(11)28)8-10-2-1-5-30-10/h3-4,6-7,10H,1-2,5,8,21H2,(H,22,26,27). The van der Waals surface area contributed by atoms with Crippen molar-refractivity contribution in [3.8, 4) is 5.69 Å². The minimum absolute atomic E-state index is 0.0890. The smallest absolute Gasteiger partial charge is 0.262 e. The van der Waals surface area contributed by atoms with Crippen molar-refractivity contribution in [2.24, 2.45) is 0 Å². The van der Waals surface area contributed by atoms with Crippen LogP contribution in [-0.2, 0) is 4.74 Å². The first-order valence-electron chi connectivity index (χ1n) is 9.40. The molecule has 4 amide bonds. The number of fused-ring (bicyclic) bond motifs is 2. The lowest BCUT2D eigenvalue weighted by Gasteiger charge is -2.17. The number of pyridine rings is 1. The Morgan fingerprint density at radius 3 is 2.50 bits per heavy atom. The summed E-state index contributed by atoms with van der Waals surface area (Å²) in [6, 6.07) is 5.34. The van der Waals surface area contributed by atoms with Crippen LogP contribution < -0.4 is 16.6 Å². The van der Waals surface area contributed by atoms with Crippen molar-refractivity contribution >= 4 is 29.4 Å². The van der Waals surface area contributed by atoms with Crippen molar-refractivity contribution in [3.63, 3.8) is 0 Å². The second kappa shape index (κ2) is 6.36. The van der Waals surface area contributed by atoms with Crippen LogP contribution in [0.5, 0.6) is 0 Å². The molecule has 3 aliphatic heterocycles. The normalized spacial score (nSPS) is 20.0. The number of hydrogen-bond acceptors (Lipinski definition) is 7. The molecule has 1 saturated heterocycles. The van der Waals surface area contributed by atoms with Gasteiger partial charge in [0, 0.05) is 12.7 Å². The summed E-state index contributed by atoms with van der Waals surface area (Å²) in [5.74, 6) is -2.50. The van der Waals surface area contributed by atoms with E-state index in [4.69, 9.17) is 10.5 Å². The van der Waals surface area contributed by atoms with Crippen molar-refractivity contribution < 1.29 is 23.9 Å². The highest BCUT2D eigenvalue weighted by molar-refractivity contribution is 6.23. The van der Waals surface area contributed by atoms with E-state index in [0.717, 1.165) is 28.4 Å². The van der Waals surface area contributed by atoms with Crippen molar-refractivity contribution in [2.45, 2.75) is 18.9 Å². The third-order valence-electron chi connectivity index (χ3n) is 5.58. The number of anilines is 1. The summed E-state index contributed by atoms with van der Waals surface area (Å²) in [5.41, 5.74) is 5.80. The molecule has 152 valence electrons. The van der Waals surface area contributed by atoms with Crippen LogP contribution >= 0.6 is 0 Å². The number of carbonyl (C=O) groups is 4. The molecular weight excluding hydrogens is 392 g/mol. The number of imide groups is 2. The minimum atomic E-state index is -0.698. The lowest BCUT2D eigenvalue weighted by atomic mass is 10.1. The van der Waals surface area contributed by atoms with Gasteiger partial charge in [-0.05, 0) is 31.0 Å². The topological polar surface area (TPSA) is 141 Å². The molecule has 2 aromatic rings. The molecule has 0 radical (unpaired) electrons. The predicted octanol–water partition coefficient (Wildman–Crippen LogP) is 0.0783. The van der Waals surface area contributed by atoms with Crippen LogP contribution in [0.15, 0.2) is 29.1 Å². The van der Waals surface area contributed by atoms with E-state index in [1.54, 1.807) is 0 Å². The highest BCUT2D eigenvalue weighted by Crippen LogP contribution is 2.29. The second-order valence-corrected chi connectivity index (χ2v) is 7.36. The number of nitrogens with one attached hydrogen (secondary N) is 1. The number of amides is 4. The van der Waals surface area contributed by atoms with Crippen LogP contribution in [0, 0.1) is 0 Å². The summed E-state index contributed by atoms with van der Waals surface area (Å²) < 4.78 is 6.56. The lowest BCUT2D eigenvalue weighted by molar-refractivity contribution is 0.0475. The van der Waals surface area contributed by atoms with E-state index in [9.17, 15) is 24.0 Å². The van der Waals surface area contributed by atoms with Crippen LogP contribution in [0.4, 0.5) is 5.82 Å². The van der Waals surface area contributed by atoms with Gasteiger partial charge in [0.2, 0.25) is 0 Å². The van der Waals surface area contributed by atoms with E-state index < -0.39 is 29.2 Å². The first-order chi connectivity index (χ1) is 14.4. The molecule has 1 aromatic carbocycles. The van der Waals surface area contributed by atoms with Crippen LogP contribution in [0.2, 0.25) is 0 Å². The van der Waals surface area contributed by atoms with Crippen LogP contribution in [0.3, 0.4) is 0 Å². The maximum atomic E-state index is 12.9. The first-order valence-corrected chi connectivity index (χ1v) is 9.40. The van der Waals surface area contributed by atoms with Gasteiger partial charge in [0.1, 0.15) is 5.82 Å². The van der Waals surface area contributed by atoms with Gasteiger partial charge in [-0.3, -0.25) is 38.8 Å². The molecule has 10 heteroatoms. The van der Waals surface area contributed by atoms with E-state index in [0.29, 0.717) is 6.61 Å². The number of hydrogen-bond donors (Lipinski definition) is 2. The monoisotopic (exact) mass is 408 g/mol. The molecule has 1 fully saturated rings. The minimum Gasteiger partial charge on any atom is -0.384 e. The molecule has 1 atom stereocenters. The fourth-order valence-electron chi connectivity index (χ4n) is 4.12. The largest absolute Gasteiger partial charge is 0.384 e. The highest BCUT2D eigenvalue weighted by atomic mass is 16.5. The third kappa shape index (κ3) is 2.50. The maximum Gasteiger partial charge on any atom is 0.262 e. The zero-order chi connectivity index (χ0) is 21.2. The van der Waals surface area contributed by atoms with E-state index in [1.165, 1.54) is 18.2 Å². The molecule has 1 aromatic heterocycles. The van der Waals surface area contributed by atoms with Crippen molar-refractivity contribution in [2.75, 3.05) is 18.9 Å². The molecule has 3 aliphatic rings. The van der Waals surface area contributed by atoms with Crippen LogP contribution in [0.1, 0.15) is 54.3 Å². The van der Waals surface area contributed by atoms with Crippen molar-refractivity contribution in [1.82, 2.24) is 14.8 Å². The Kier molecular flexibility index (Phi) is 3.87. The number of nitrogens with zero attached hydrogens (tertiary/aromatic N) is 2. The Balaban J connectivity index is 1.57. The summed E-state index contributed by atoms with van der Waals surface area (Å²) in [6.45, 7) is 0.777. The van der Waals surface area contributed by atoms with Gasteiger partial charge in [0.05, 0.1) is 40.6 Å². The highest BCUT2D eigenvalue weighted by Gasteiger charge is 2.38. The number of nitrogens with two attached hydrogens (primary N) is 1. The first kappa shape index (κ1) is 18.3.